The van der Waals surface area contributed by atoms with Gasteiger partial charge in [0, 0.05) is 18.8 Å². The Bertz CT molecular complexity index is 987. The van der Waals surface area contributed by atoms with Gasteiger partial charge < -0.3 is 15.4 Å². The number of fused-ring (bicyclic) bond motifs is 4. The van der Waals surface area contributed by atoms with Crippen LogP contribution in [0, 0.1) is 11.8 Å². The SMILES string of the molecule is CC(C)[C@@H]1/C=C/C[C@H](NC(=O)OC(C)(C)C)c2cc(ccn2)-c2c(cnn2C)NC1=O. The second-order valence-corrected chi connectivity index (χ2v) is 9.12. The molecule has 31 heavy (non-hydrogen) atoms. The number of rotatable bonds is 2. The van der Waals surface area contributed by atoms with Crippen LogP contribution in [-0.2, 0) is 16.6 Å². The van der Waals surface area contributed by atoms with Crippen LogP contribution in [0.2, 0.25) is 0 Å². The van der Waals surface area contributed by atoms with Crippen molar-refractivity contribution in [3.05, 3.63) is 42.4 Å². The van der Waals surface area contributed by atoms with Crippen LogP contribution in [0.1, 0.15) is 52.8 Å². The maximum atomic E-state index is 13.0. The molecule has 2 amide bonds. The first-order chi connectivity index (χ1) is 14.5. The number of alkyl carbamates (subject to hydrolysis) is 1. The van der Waals surface area contributed by atoms with Crippen molar-refractivity contribution in [2.24, 2.45) is 18.9 Å². The maximum absolute atomic E-state index is 13.0. The summed E-state index contributed by atoms with van der Waals surface area (Å²) in [5.41, 5.74) is 2.36. The molecule has 2 atom stereocenters. The number of hydrogen-bond donors (Lipinski definition) is 2. The van der Waals surface area contributed by atoms with Gasteiger partial charge in [-0.3, -0.25) is 14.5 Å². The minimum atomic E-state index is -0.606. The summed E-state index contributed by atoms with van der Waals surface area (Å²) >= 11 is 0. The lowest BCUT2D eigenvalue weighted by Crippen LogP contribution is -2.35. The van der Waals surface area contributed by atoms with Gasteiger partial charge in [-0.1, -0.05) is 26.0 Å². The molecule has 0 unspecified atom stereocenters. The predicted octanol–water partition coefficient (Wildman–Crippen LogP) is 4.22. The minimum Gasteiger partial charge on any atom is -0.444 e. The van der Waals surface area contributed by atoms with Gasteiger partial charge in [-0.25, -0.2) is 4.79 Å². The predicted molar refractivity (Wildman–Crippen MR) is 119 cm³/mol. The van der Waals surface area contributed by atoms with Crippen molar-refractivity contribution in [2.75, 3.05) is 5.32 Å². The monoisotopic (exact) mass is 425 g/mol. The molecule has 0 radical (unpaired) electrons. The van der Waals surface area contributed by atoms with E-state index in [1.54, 1.807) is 17.1 Å². The van der Waals surface area contributed by atoms with E-state index in [0.29, 0.717) is 17.8 Å². The maximum Gasteiger partial charge on any atom is 0.408 e. The number of aryl methyl sites for hydroxylation is 1. The van der Waals surface area contributed by atoms with Crippen LogP contribution in [0.15, 0.2) is 36.7 Å². The molecule has 3 rings (SSSR count). The van der Waals surface area contributed by atoms with E-state index >= 15 is 0 Å². The molecule has 8 nitrogen and oxygen atoms in total. The second kappa shape index (κ2) is 8.91. The van der Waals surface area contributed by atoms with E-state index in [1.165, 1.54) is 0 Å². The van der Waals surface area contributed by atoms with E-state index in [4.69, 9.17) is 4.74 Å². The normalized spacial score (nSPS) is 20.2. The fourth-order valence-electron chi connectivity index (χ4n) is 3.55. The van der Waals surface area contributed by atoms with Crippen LogP contribution in [0.4, 0.5) is 10.5 Å². The molecule has 2 bridgehead atoms. The Balaban J connectivity index is 2.05. The lowest BCUT2D eigenvalue weighted by molar-refractivity contribution is -0.119. The molecule has 2 aromatic heterocycles. The molecule has 3 heterocycles. The number of carbonyl (C=O) groups excluding carboxylic acids is 2. The second-order valence-electron chi connectivity index (χ2n) is 9.12. The zero-order valence-electron chi connectivity index (χ0n) is 19.0. The summed E-state index contributed by atoms with van der Waals surface area (Å²) in [5, 5.41) is 10.3. The molecule has 2 aromatic rings. The van der Waals surface area contributed by atoms with Crippen molar-refractivity contribution < 1.29 is 14.3 Å². The summed E-state index contributed by atoms with van der Waals surface area (Å²) in [6, 6.07) is 3.37. The highest BCUT2D eigenvalue weighted by Crippen LogP contribution is 2.31. The van der Waals surface area contributed by atoms with Gasteiger partial charge in [-0.2, -0.15) is 5.10 Å². The van der Waals surface area contributed by atoms with E-state index in [-0.39, 0.29) is 17.7 Å². The Hall–Kier alpha value is -3.16. The molecule has 0 saturated carbocycles. The summed E-state index contributed by atoms with van der Waals surface area (Å²) < 4.78 is 7.16. The van der Waals surface area contributed by atoms with Crippen LogP contribution < -0.4 is 10.6 Å². The Morgan fingerprint density at radius 2 is 2.10 bits per heavy atom. The van der Waals surface area contributed by atoms with Crippen molar-refractivity contribution >= 4 is 17.7 Å². The topological polar surface area (TPSA) is 98.1 Å². The smallest absolute Gasteiger partial charge is 0.408 e. The first kappa shape index (κ1) is 22.5. The third-order valence-corrected chi connectivity index (χ3v) is 5.04. The largest absolute Gasteiger partial charge is 0.444 e. The summed E-state index contributed by atoms with van der Waals surface area (Å²) in [7, 11) is 1.83. The molecule has 1 aliphatic rings. The van der Waals surface area contributed by atoms with Gasteiger partial charge in [0.25, 0.3) is 0 Å². The Morgan fingerprint density at radius 1 is 1.35 bits per heavy atom. The summed E-state index contributed by atoms with van der Waals surface area (Å²) in [6.07, 6.45) is 7.13. The van der Waals surface area contributed by atoms with Gasteiger partial charge in [0.1, 0.15) is 5.60 Å². The van der Waals surface area contributed by atoms with Gasteiger partial charge in [-0.15, -0.1) is 0 Å². The molecule has 8 heteroatoms. The minimum absolute atomic E-state index is 0.0907. The highest BCUT2D eigenvalue weighted by molar-refractivity contribution is 5.97. The molecular formula is C23H31N5O3. The lowest BCUT2D eigenvalue weighted by Gasteiger charge is -2.24. The summed E-state index contributed by atoms with van der Waals surface area (Å²) in [6.45, 7) is 9.47. The van der Waals surface area contributed by atoms with Gasteiger partial charge in [0.2, 0.25) is 5.91 Å². The fraction of sp³-hybridized carbons (Fsp3) is 0.478. The third-order valence-electron chi connectivity index (χ3n) is 5.04. The van der Waals surface area contributed by atoms with Crippen LogP contribution in [0.25, 0.3) is 11.3 Å². The average molecular weight is 426 g/mol. The Morgan fingerprint density at radius 3 is 2.77 bits per heavy atom. The number of nitrogens with one attached hydrogen (secondary N) is 2. The highest BCUT2D eigenvalue weighted by Gasteiger charge is 2.25. The van der Waals surface area contributed by atoms with Crippen molar-refractivity contribution in [3.8, 4) is 11.3 Å². The molecule has 166 valence electrons. The summed E-state index contributed by atoms with van der Waals surface area (Å²) in [5.74, 6) is -0.305. The Labute approximate surface area is 183 Å². The van der Waals surface area contributed by atoms with Gasteiger partial charge >= 0.3 is 6.09 Å². The van der Waals surface area contributed by atoms with Gasteiger partial charge in [0.15, 0.2) is 0 Å². The number of amides is 2. The first-order valence-electron chi connectivity index (χ1n) is 10.5. The van der Waals surface area contributed by atoms with Crippen molar-refractivity contribution in [2.45, 2.75) is 52.7 Å². The van der Waals surface area contributed by atoms with Crippen LogP contribution in [-0.4, -0.2) is 32.4 Å². The van der Waals surface area contributed by atoms with Crippen LogP contribution in [0.3, 0.4) is 0 Å². The van der Waals surface area contributed by atoms with Crippen molar-refractivity contribution in [3.63, 3.8) is 0 Å². The lowest BCUT2D eigenvalue weighted by atomic mass is 9.93. The number of ether oxygens (including phenoxy) is 1. The van der Waals surface area contributed by atoms with E-state index in [1.807, 2.05) is 66.0 Å². The quantitative estimate of drug-likeness (QED) is 0.702. The molecular weight excluding hydrogens is 394 g/mol. The highest BCUT2D eigenvalue weighted by atomic mass is 16.6. The molecule has 0 aliphatic carbocycles. The first-order valence-corrected chi connectivity index (χ1v) is 10.5. The average Bonchev–Trinajstić information content (AvgIpc) is 3.01. The summed E-state index contributed by atoms with van der Waals surface area (Å²) in [4.78, 5) is 30.0. The van der Waals surface area contributed by atoms with Gasteiger partial charge in [0.05, 0.1) is 35.2 Å². The number of aromatic nitrogens is 3. The number of nitrogens with zero attached hydrogens (tertiary/aromatic N) is 3. The zero-order chi connectivity index (χ0) is 22.8. The molecule has 1 aliphatic heterocycles. The van der Waals surface area contributed by atoms with E-state index in [0.717, 1.165) is 11.3 Å². The molecule has 0 saturated heterocycles. The van der Waals surface area contributed by atoms with E-state index in [2.05, 4.69) is 20.7 Å². The number of pyridine rings is 1. The molecule has 0 fully saturated rings. The van der Waals surface area contributed by atoms with Crippen molar-refractivity contribution in [1.29, 1.82) is 0 Å². The van der Waals surface area contributed by atoms with Gasteiger partial charge in [-0.05, 0) is 45.2 Å². The molecule has 0 spiro atoms. The van der Waals surface area contributed by atoms with Crippen LogP contribution >= 0.6 is 0 Å². The Kier molecular flexibility index (Phi) is 6.48. The number of carbonyl (C=O) groups is 2. The number of hydrogen-bond acceptors (Lipinski definition) is 5. The molecule has 0 aromatic carbocycles. The fourth-order valence-corrected chi connectivity index (χ4v) is 3.55. The third kappa shape index (κ3) is 5.51. The van der Waals surface area contributed by atoms with Crippen molar-refractivity contribution in [1.82, 2.24) is 20.1 Å². The van der Waals surface area contributed by atoms with Crippen LogP contribution in [0.5, 0.6) is 0 Å². The van der Waals surface area contributed by atoms with E-state index in [9.17, 15) is 9.59 Å². The zero-order valence-corrected chi connectivity index (χ0v) is 19.0. The van der Waals surface area contributed by atoms with E-state index < -0.39 is 17.7 Å². The molecule has 2 N–H and O–H groups in total. The standard InChI is InChI=1S/C23H31N5O3/c1-14(2)16-8-7-9-17(27-22(30)31-23(3,4)5)18-12-15(10-11-24-18)20-19(26-21(16)29)13-25-28(20)6/h7-8,10-14,16-17H,9H2,1-6H3,(H,26,29)(H,27,30)/b8-7+/t16-,17-/m0/s1. The number of anilines is 1.